The number of rotatable bonds is 3. The highest BCUT2D eigenvalue weighted by molar-refractivity contribution is 6.05. The predicted molar refractivity (Wildman–Crippen MR) is 122 cm³/mol. The number of carbonyl (C=O) groups excluding carboxylic acids is 1. The average molecular weight is 423 g/mol. The van der Waals surface area contributed by atoms with Crippen LogP contribution < -0.4 is 10.6 Å². The first-order valence-electron chi connectivity index (χ1n) is 10.8. The number of piperidine rings is 1. The number of aliphatic imine (C=N–C) groups is 1. The minimum atomic E-state index is -1.38. The molecule has 7 nitrogen and oxygen atoms in total. The molecule has 4 rings (SSSR count). The van der Waals surface area contributed by atoms with E-state index in [0.717, 1.165) is 48.6 Å². The number of hydrogen-bond donors (Lipinski definition) is 4. The highest BCUT2D eigenvalue weighted by Gasteiger charge is 2.32. The number of benzene rings is 1. The Morgan fingerprint density at radius 3 is 2.74 bits per heavy atom. The van der Waals surface area contributed by atoms with Gasteiger partial charge in [0.25, 0.3) is 5.91 Å². The molecule has 2 aliphatic heterocycles. The molecule has 1 fully saturated rings. The van der Waals surface area contributed by atoms with Gasteiger partial charge in [-0.3, -0.25) is 4.79 Å². The molecule has 164 valence electrons. The zero-order chi connectivity index (χ0) is 22.0. The Kier molecular flexibility index (Phi) is 5.87. The lowest BCUT2D eigenvalue weighted by atomic mass is 10.00. The molecule has 1 saturated heterocycles. The summed E-state index contributed by atoms with van der Waals surface area (Å²) in [7, 11) is 0. The highest BCUT2D eigenvalue weighted by Crippen LogP contribution is 2.30. The van der Waals surface area contributed by atoms with E-state index in [-0.39, 0.29) is 23.9 Å². The number of fused-ring (bicyclic) bond motifs is 1. The van der Waals surface area contributed by atoms with Gasteiger partial charge >= 0.3 is 0 Å². The summed E-state index contributed by atoms with van der Waals surface area (Å²) in [5, 5.41) is 26.8. The Bertz CT molecular complexity index is 963. The van der Waals surface area contributed by atoms with E-state index in [1.807, 2.05) is 36.4 Å². The van der Waals surface area contributed by atoms with Crippen LogP contribution in [0.25, 0.3) is 0 Å². The number of amides is 1. The number of likely N-dealkylation sites (tertiary alicyclic amines) is 1. The second-order valence-corrected chi connectivity index (χ2v) is 8.71. The standard InChI is InChI=1S/C24H30N4O3/c1-24(2,31)23(30)25-16-12-14-28(15-13-16)22-17-8-6-7-10-19(17)26-21(27-22)18-9-4-3-5-11-20(18)29/h3-4,6-11,16,21,26,29,31H,5,12-15H2,1-2H3,(H,25,30). The third-order valence-corrected chi connectivity index (χ3v) is 5.85. The molecule has 0 saturated carbocycles. The normalized spacial score (nSPS) is 21.8. The molecule has 1 aromatic rings. The number of aliphatic hydroxyl groups excluding tert-OH is 1. The number of para-hydroxylation sites is 1. The number of nitrogens with zero attached hydrogens (tertiary/aromatic N) is 2. The van der Waals surface area contributed by atoms with Gasteiger partial charge in [0, 0.05) is 36.0 Å². The summed E-state index contributed by atoms with van der Waals surface area (Å²) in [6.45, 7) is 4.49. The smallest absolute Gasteiger partial charge is 0.251 e. The molecule has 4 N–H and O–H groups in total. The maximum absolute atomic E-state index is 12.1. The second kappa shape index (κ2) is 8.59. The fraction of sp³-hybridized carbons (Fsp3) is 0.417. The molecule has 2 heterocycles. The molecule has 31 heavy (non-hydrogen) atoms. The van der Waals surface area contributed by atoms with Crippen molar-refractivity contribution in [2.75, 3.05) is 18.4 Å². The summed E-state index contributed by atoms with van der Waals surface area (Å²) in [5.74, 6) is 0.803. The number of amidine groups is 1. The van der Waals surface area contributed by atoms with Gasteiger partial charge in [-0.25, -0.2) is 4.99 Å². The van der Waals surface area contributed by atoms with Gasteiger partial charge in [0.2, 0.25) is 0 Å². The molecule has 3 aliphatic rings. The number of carbonyl (C=O) groups is 1. The molecule has 1 unspecified atom stereocenters. The minimum absolute atomic E-state index is 0.0326. The van der Waals surface area contributed by atoms with Crippen LogP contribution >= 0.6 is 0 Å². The van der Waals surface area contributed by atoms with E-state index in [9.17, 15) is 15.0 Å². The molecule has 1 atom stereocenters. The van der Waals surface area contributed by atoms with Crippen molar-refractivity contribution in [2.45, 2.75) is 50.9 Å². The van der Waals surface area contributed by atoms with Gasteiger partial charge in [0.1, 0.15) is 17.2 Å². The van der Waals surface area contributed by atoms with E-state index in [4.69, 9.17) is 4.99 Å². The van der Waals surface area contributed by atoms with E-state index < -0.39 is 5.60 Å². The third kappa shape index (κ3) is 4.66. The fourth-order valence-electron chi connectivity index (χ4n) is 4.04. The van der Waals surface area contributed by atoms with E-state index in [2.05, 4.69) is 21.6 Å². The lowest BCUT2D eigenvalue weighted by Crippen LogP contribution is -2.52. The number of nitrogens with one attached hydrogen (secondary N) is 2. The third-order valence-electron chi connectivity index (χ3n) is 5.85. The van der Waals surface area contributed by atoms with Crippen LogP contribution in [0.15, 0.2) is 64.9 Å². The van der Waals surface area contributed by atoms with Crippen LogP contribution in [0.5, 0.6) is 0 Å². The van der Waals surface area contributed by atoms with E-state index in [0.29, 0.717) is 6.42 Å². The van der Waals surface area contributed by atoms with Gasteiger partial charge < -0.3 is 25.7 Å². The highest BCUT2D eigenvalue weighted by atomic mass is 16.3. The van der Waals surface area contributed by atoms with Crippen molar-refractivity contribution in [3.05, 3.63) is 65.5 Å². The van der Waals surface area contributed by atoms with Crippen molar-refractivity contribution < 1.29 is 15.0 Å². The van der Waals surface area contributed by atoms with Gasteiger partial charge in [0.15, 0.2) is 6.17 Å². The summed E-state index contributed by atoms with van der Waals surface area (Å²) in [6.07, 6.45) is 9.51. The van der Waals surface area contributed by atoms with Crippen molar-refractivity contribution in [2.24, 2.45) is 4.99 Å². The zero-order valence-corrected chi connectivity index (χ0v) is 18.0. The molecule has 1 aliphatic carbocycles. The van der Waals surface area contributed by atoms with Crippen LogP contribution in [0.4, 0.5) is 5.69 Å². The monoisotopic (exact) mass is 422 g/mol. The molecule has 0 aromatic heterocycles. The Hall–Kier alpha value is -3.06. The van der Waals surface area contributed by atoms with Gasteiger partial charge in [-0.15, -0.1) is 0 Å². The Morgan fingerprint density at radius 2 is 2.00 bits per heavy atom. The van der Waals surface area contributed by atoms with Crippen LogP contribution in [0.2, 0.25) is 0 Å². The van der Waals surface area contributed by atoms with Gasteiger partial charge in [-0.05, 0) is 51.3 Å². The van der Waals surface area contributed by atoms with E-state index in [1.165, 1.54) is 13.8 Å². The van der Waals surface area contributed by atoms with Crippen LogP contribution in [-0.4, -0.2) is 57.8 Å². The lowest BCUT2D eigenvalue weighted by Gasteiger charge is -2.38. The Morgan fingerprint density at radius 1 is 1.26 bits per heavy atom. The zero-order valence-electron chi connectivity index (χ0n) is 18.0. The maximum Gasteiger partial charge on any atom is 0.251 e. The first-order chi connectivity index (χ1) is 14.8. The molecule has 0 spiro atoms. The van der Waals surface area contributed by atoms with Crippen molar-refractivity contribution in [1.29, 1.82) is 0 Å². The number of aliphatic hydroxyl groups is 2. The van der Waals surface area contributed by atoms with Crippen molar-refractivity contribution in [3.8, 4) is 0 Å². The number of allylic oxidation sites excluding steroid dienone is 4. The topological polar surface area (TPSA) is 97.2 Å². The van der Waals surface area contributed by atoms with E-state index in [1.54, 1.807) is 6.08 Å². The van der Waals surface area contributed by atoms with Gasteiger partial charge in [-0.1, -0.05) is 30.4 Å². The Labute approximate surface area is 182 Å². The second-order valence-electron chi connectivity index (χ2n) is 8.71. The van der Waals surface area contributed by atoms with Crippen molar-refractivity contribution in [3.63, 3.8) is 0 Å². The van der Waals surface area contributed by atoms with Crippen LogP contribution in [0, 0.1) is 0 Å². The summed E-state index contributed by atoms with van der Waals surface area (Å²) >= 11 is 0. The van der Waals surface area contributed by atoms with Crippen LogP contribution in [0.3, 0.4) is 0 Å². The predicted octanol–water partition coefficient (Wildman–Crippen LogP) is 2.86. The summed E-state index contributed by atoms with van der Waals surface area (Å²) in [4.78, 5) is 19.3. The number of anilines is 1. The first kappa shape index (κ1) is 21.2. The van der Waals surface area contributed by atoms with Crippen LogP contribution in [0.1, 0.15) is 38.7 Å². The molecular weight excluding hydrogens is 392 g/mol. The summed E-state index contributed by atoms with van der Waals surface area (Å²) in [6, 6.07) is 8.10. The SMILES string of the molecule is CC(C)(O)C(=O)NC1CCN(C2=NC(C3=CC=CCC=C3O)Nc3ccccc32)CC1. The molecule has 0 bridgehead atoms. The molecule has 1 aromatic carbocycles. The number of hydrogen-bond acceptors (Lipinski definition) is 6. The molecule has 1 amide bonds. The quantitative estimate of drug-likeness (QED) is 0.601. The molecular formula is C24H30N4O3. The average Bonchev–Trinajstić information content (AvgIpc) is 2.97. The molecule has 0 radical (unpaired) electrons. The lowest BCUT2D eigenvalue weighted by molar-refractivity contribution is -0.137. The first-order valence-corrected chi connectivity index (χ1v) is 10.8. The summed E-state index contributed by atoms with van der Waals surface area (Å²) < 4.78 is 0. The van der Waals surface area contributed by atoms with Crippen molar-refractivity contribution >= 4 is 17.4 Å². The van der Waals surface area contributed by atoms with Gasteiger partial charge in [-0.2, -0.15) is 0 Å². The Balaban J connectivity index is 1.55. The van der Waals surface area contributed by atoms with Crippen LogP contribution in [-0.2, 0) is 4.79 Å². The largest absolute Gasteiger partial charge is 0.508 e. The fourth-order valence-corrected chi connectivity index (χ4v) is 4.04. The molecule has 7 heteroatoms. The van der Waals surface area contributed by atoms with Crippen molar-refractivity contribution in [1.82, 2.24) is 10.2 Å². The summed E-state index contributed by atoms with van der Waals surface area (Å²) in [5.41, 5.74) is 1.38. The minimum Gasteiger partial charge on any atom is -0.508 e. The maximum atomic E-state index is 12.1. The van der Waals surface area contributed by atoms with E-state index >= 15 is 0 Å². The van der Waals surface area contributed by atoms with Gasteiger partial charge in [0.05, 0.1) is 0 Å².